The van der Waals surface area contributed by atoms with Crippen molar-refractivity contribution in [1.82, 2.24) is 15.4 Å². The van der Waals surface area contributed by atoms with Gasteiger partial charge in [-0.15, -0.1) is 24.0 Å². The van der Waals surface area contributed by atoms with Crippen LogP contribution in [-0.4, -0.2) is 45.2 Å². The van der Waals surface area contributed by atoms with E-state index < -0.39 is 14.9 Å². The Labute approximate surface area is 200 Å². The summed E-state index contributed by atoms with van der Waals surface area (Å²) < 4.78 is 24.8. The van der Waals surface area contributed by atoms with Crippen LogP contribution in [0.1, 0.15) is 17.5 Å². The molecule has 0 aromatic heterocycles. The molecule has 0 amide bonds. The van der Waals surface area contributed by atoms with Gasteiger partial charge in [0.05, 0.1) is 17.7 Å². The van der Waals surface area contributed by atoms with E-state index in [9.17, 15) is 18.5 Å². The molecule has 2 aromatic carbocycles. The Kier molecular flexibility index (Phi) is 12.0. The van der Waals surface area contributed by atoms with Crippen molar-refractivity contribution in [3.8, 4) is 0 Å². The molecule has 9 nitrogen and oxygen atoms in total. The smallest absolute Gasteiger partial charge is 0.269 e. The van der Waals surface area contributed by atoms with Crippen LogP contribution in [0.25, 0.3) is 0 Å². The first kappa shape index (κ1) is 26.8. The standard InChI is InChI=1S/C20H27N5O4S.HI/c1-30(28,29)24-15-14-22-20(21-13-5-8-17-6-3-2-4-7-17)23-16-18-9-11-19(12-10-18)25(26)27;/h2-4,6-7,9-12,24H,5,8,13-16H2,1H3,(H2,21,22,23);1H. The number of sulfonamides is 1. The van der Waals surface area contributed by atoms with Gasteiger partial charge in [-0.25, -0.2) is 18.1 Å². The van der Waals surface area contributed by atoms with Crippen molar-refractivity contribution < 1.29 is 13.3 Å². The molecule has 0 unspecified atom stereocenters. The van der Waals surface area contributed by atoms with Gasteiger partial charge in [0.25, 0.3) is 5.69 Å². The van der Waals surface area contributed by atoms with Crippen molar-refractivity contribution in [3.05, 3.63) is 75.8 Å². The zero-order chi connectivity index (χ0) is 21.8. The van der Waals surface area contributed by atoms with Crippen LogP contribution < -0.4 is 15.4 Å². The summed E-state index contributed by atoms with van der Waals surface area (Å²) in [6.45, 7) is 1.64. The van der Waals surface area contributed by atoms with Crippen LogP contribution in [0.15, 0.2) is 59.6 Å². The molecular formula is C20H28IN5O4S. The molecule has 0 aliphatic rings. The molecule has 170 valence electrons. The van der Waals surface area contributed by atoms with Gasteiger partial charge in [-0.2, -0.15) is 0 Å². The van der Waals surface area contributed by atoms with E-state index in [1.165, 1.54) is 17.7 Å². The maximum atomic E-state index is 11.2. The second-order valence-electron chi connectivity index (χ2n) is 6.70. The minimum Gasteiger partial charge on any atom is -0.356 e. The molecule has 3 N–H and O–H groups in total. The van der Waals surface area contributed by atoms with E-state index >= 15 is 0 Å². The summed E-state index contributed by atoms with van der Waals surface area (Å²) in [4.78, 5) is 14.8. The third-order valence-corrected chi connectivity index (χ3v) is 4.85. The van der Waals surface area contributed by atoms with E-state index in [0.717, 1.165) is 24.7 Å². The van der Waals surface area contributed by atoms with Gasteiger partial charge in [-0.1, -0.05) is 42.5 Å². The van der Waals surface area contributed by atoms with Crippen molar-refractivity contribution in [2.75, 3.05) is 25.9 Å². The average molecular weight is 561 g/mol. The molecule has 31 heavy (non-hydrogen) atoms. The van der Waals surface area contributed by atoms with Crippen molar-refractivity contribution in [2.45, 2.75) is 19.4 Å². The minimum absolute atomic E-state index is 0. The highest BCUT2D eigenvalue weighted by Crippen LogP contribution is 2.12. The number of hydrogen-bond acceptors (Lipinski definition) is 5. The fourth-order valence-corrected chi connectivity index (χ4v) is 3.10. The molecule has 0 fully saturated rings. The number of aryl methyl sites for hydroxylation is 1. The Morgan fingerprint density at radius 3 is 2.23 bits per heavy atom. The number of benzene rings is 2. The summed E-state index contributed by atoms with van der Waals surface area (Å²) >= 11 is 0. The Morgan fingerprint density at radius 1 is 0.968 bits per heavy atom. The van der Waals surface area contributed by atoms with E-state index in [-0.39, 0.29) is 36.2 Å². The van der Waals surface area contributed by atoms with Gasteiger partial charge in [0, 0.05) is 31.8 Å². The Morgan fingerprint density at radius 2 is 1.61 bits per heavy atom. The van der Waals surface area contributed by atoms with Crippen molar-refractivity contribution in [2.24, 2.45) is 4.99 Å². The third-order valence-electron chi connectivity index (χ3n) is 4.13. The van der Waals surface area contributed by atoms with Gasteiger partial charge in [-0.05, 0) is 24.0 Å². The van der Waals surface area contributed by atoms with Crippen LogP contribution in [0, 0.1) is 10.1 Å². The van der Waals surface area contributed by atoms with E-state index in [0.29, 0.717) is 25.6 Å². The predicted octanol–water partition coefficient (Wildman–Crippen LogP) is 2.43. The highest BCUT2D eigenvalue weighted by molar-refractivity contribution is 14.0. The van der Waals surface area contributed by atoms with Crippen molar-refractivity contribution >= 4 is 45.6 Å². The number of nitrogens with one attached hydrogen (secondary N) is 3. The summed E-state index contributed by atoms with van der Waals surface area (Å²) in [6, 6.07) is 16.4. The summed E-state index contributed by atoms with van der Waals surface area (Å²) in [5, 5.41) is 17.1. The second kappa shape index (κ2) is 13.9. The Bertz CT molecular complexity index is 938. The predicted molar refractivity (Wildman–Crippen MR) is 133 cm³/mol. The first-order valence-corrected chi connectivity index (χ1v) is 11.5. The summed E-state index contributed by atoms with van der Waals surface area (Å²) in [7, 11) is -3.25. The third kappa shape index (κ3) is 11.6. The zero-order valence-corrected chi connectivity index (χ0v) is 20.4. The highest BCUT2D eigenvalue weighted by Gasteiger charge is 2.05. The van der Waals surface area contributed by atoms with E-state index in [1.54, 1.807) is 12.1 Å². The number of non-ortho nitro benzene ring substituents is 1. The highest BCUT2D eigenvalue weighted by atomic mass is 127. The number of halogens is 1. The SMILES string of the molecule is CS(=O)(=O)NCCNC(=NCc1ccc([N+](=O)[O-])cc1)NCCCc1ccccc1.I. The number of hydrogen-bond donors (Lipinski definition) is 3. The molecule has 2 rings (SSSR count). The molecule has 0 saturated heterocycles. The summed E-state index contributed by atoms with van der Waals surface area (Å²) in [5.41, 5.74) is 2.13. The maximum Gasteiger partial charge on any atom is 0.269 e. The molecule has 0 spiro atoms. The number of nitro benzene ring substituents is 1. The lowest BCUT2D eigenvalue weighted by Crippen LogP contribution is -2.41. The maximum absolute atomic E-state index is 11.2. The van der Waals surface area contributed by atoms with Gasteiger partial charge in [0.2, 0.25) is 10.0 Å². The largest absolute Gasteiger partial charge is 0.356 e. The van der Waals surface area contributed by atoms with Crippen LogP contribution in [-0.2, 0) is 23.0 Å². The van der Waals surface area contributed by atoms with E-state index in [4.69, 9.17) is 0 Å². The molecule has 11 heteroatoms. The molecule has 0 heterocycles. The lowest BCUT2D eigenvalue weighted by molar-refractivity contribution is -0.384. The second-order valence-corrected chi connectivity index (χ2v) is 8.53. The lowest BCUT2D eigenvalue weighted by Gasteiger charge is -2.13. The summed E-state index contributed by atoms with van der Waals surface area (Å²) in [6.07, 6.45) is 2.95. The normalized spacial score (nSPS) is 11.5. The quantitative estimate of drug-likeness (QED) is 0.0967. The van der Waals surface area contributed by atoms with Gasteiger partial charge >= 0.3 is 0 Å². The van der Waals surface area contributed by atoms with Gasteiger partial charge < -0.3 is 10.6 Å². The Balaban J connectivity index is 0.00000480. The molecule has 0 aliphatic carbocycles. The van der Waals surface area contributed by atoms with Crippen LogP contribution >= 0.6 is 24.0 Å². The summed E-state index contributed by atoms with van der Waals surface area (Å²) in [5.74, 6) is 0.553. The van der Waals surface area contributed by atoms with Gasteiger partial charge in [-0.3, -0.25) is 10.1 Å². The van der Waals surface area contributed by atoms with E-state index in [1.807, 2.05) is 18.2 Å². The topological polar surface area (TPSA) is 126 Å². The molecule has 0 aliphatic heterocycles. The number of rotatable bonds is 11. The Hall–Kier alpha value is -2.25. The lowest BCUT2D eigenvalue weighted by atomic mass is 10.1. The average Bonchev–Trinajstić information content (AvgIpc) is 2.72. The number of nitrogens with zero attached hydrogens (tertiary/aromatic N) is 2. The molecule has 0 saturated carbocycles. The number of aliphatic imine (C=N–C) groups is 1. The van der Waals surface area contributed by atoms with Gasteiger partial charge in [0.15, 0.2) is 5.96 Å². The molecule has 0 bridgehead atoms. The molecular weight excluding hydrogens is 533 g/mol. The zero-order valence-electron chi connectivity index (χ0n) is 17.3. The van der Waals surface area contributed by atoms with Crippen LogP contribution in [0.2, 0.25) is 0 Å². The fourth-order valence-electron chi connectivity index (χ4n) is 2.63. The number of guanidine groups is 1. The van der Waals surface area contributed by atoms with Crippen LogP contribution in [0.4, 0.5) is 5.69 Å². The molecule has 0 radical (unpaired) electrons. The molecule has 2 aromatic rings. The molecule has 0 atom stereocenters. The van der Waals surface area contributed by atoms with Crippen molar-refractivity contribution in [1.29, 1.82) is 0 Å². The first-order chi connectivity index (χ1) is 14.3. The van der Waals surface area contributed by atoms with Crippen molar-refractivity contribution in [3.63, 3.8) is 0 Å². The van der Waals surface area contributed by atoms with Crippen LogP contribution in [0.5, 0.6) is 0 Å². The van der Waals surface area contributed by atoms with Gasteiger partial charge in [0.1, 0.15) is 0 Å². The minimum atomic E-state index is -3.25. The van der Waals surface area contributed by atoms with E-state index in [2.05, 4.69) is 32.5 Å². The first-order valence-electron chi connectivity index (χ1n) is 9.57. The number of nitro groups is 1. The fraction of sp³-hybridized carbons (Fsp3) is 0.350. The monoisotopic (exact) mass is 561 g/mol. The van der Waals surface area contributed by atoms with Crippen LogP contribution in [0.3, 0.4) is 0 Å².